The van der Waals surface area contributed by atoms with E-state index in [0.29, 0.717) is 6.04 Å². The average molecular weight is 195 g/mol. The first-order chi connectivity index (χ1) is 6.40. The van der Waals surface area contributed by atoms with Crippen LogP contribution in [0.25, 0.3) is 0 Å². The van der Waals surface area contributed by atoms with Crippen LogP contribution in [0.15, 0.2) is 12.1 Å². The van der Waals surface area contributed by atoms with Crippen LogP contribution in [0.3, 0.4) is 0 Å². The molecule has 13 heavy (non-hydrogen) atoms. The van der Waals surface area contributed by atoms with Crippen LogP contribution in [0.2, 0.25) is 0 Å². The van der Waals surface area contributed by atoms with Gasteiger partial charge in [-0.05, 0) is 31.5 Å². The number of nitrogens with one attached hydrogen (secondary N) is 1. The molecule has 1 saturated heterocycles. The van der Waals surface area contributed by atoms with Crippen molar-refractivity contribution in [1.29, 1.82) is 0 Å². The van der Waals surface area contributed by atoms with Crippen molar-refractivity contribution < 1.29 is 4.79 Å². The van der Waals surface area contributed by atoms with Crippen molar-refractivity contribution in [2.24, 2.45) is 0 Å². The fourth-order valence-electron chi connectivity index (χ4n) is 1.71. The van der Waals surface area contributed by atoms with Gasteiger partial charge in [0.15, 0.2) is 6.29 Å². The minimum absolute atomic E-state index is 0.493. The third-order valence-corrected chi connectivity index (χ3v) is 3.54. The van der Waals surface area contributed by atoms with Crippen LogP contribution in [0.1, 0.15) is 39.9 Å². The number of rotatable bonds is 2. The van der Waals surface area contributed by atoms with Gasteiger partial charge in [-0.1, -0.05) is 6.42 Å². The highest BCUT2D eigenvalue weighted by Gasteiger charge is 2.15. The zero-order valence-electron chi connectivity index (χ0n) is 7.45. The summed E-state index contributed by atoms with van der Waals surface area (Å²) < 4.78 is 0. The standard InChI is InChI=1S/C10H13NOS/c12-7-8-4-5-10(13-8)9-3-1-2-6-11-9/h4-5,7,9,11H,1-3,6H2/t9-/m0/s1. The summed E-state index contributed by atoms with van der Waals surface area (Å²) in [6.45, 7) is 1.11. The average Bonchev–Trinajstić information content (AvgIpc) is 2.67. The molecule has 3 heteroatoms. The molecule has 0 aliphatic carbocycles. The SMILES string of the molecule is O=Cc1ccc([C@@H]2CCCCN2)s1. The Morgan fingerprint density at radius 2 is 2.38 bits per heavy atom. The molecule has 0 spiro atoms. The summed E-state index contributed by atoms with van der Waals surface area (Å²) >= 11 is 1.61. The minimum atomic E-state index is 0.493. The normalized spacial score (nSPS) is 22.9. The molecule has 1 aromatic rings. The Morgan fingerprint density at radius 3 is 3.00 bits per heavy atom. The summed E-state index contributed by atoms with van der Waals surface area (Å²) in [6, 6.07) is 4.47. The Balaban J connectivity index is 2.09. The van der Waals surface area contributed by atoms with E-state index >= 15 is 0 Å². The summed E-state index contributed by atoms with van der Waals surface area (Å²) in [5, 5.41) is 3.47. The first-order valence-corrected chi connectivity index (χ1v) is 5.50. The first-order valence-electron chi connectivity index (χ1n) is 4.68. The lowest BCUT2D eigenvalue weighted by atomic mass is 10.0. The summed E-state index contributed by atoms with van der Waals surface area (Å²) in [6.07, 6.45) is 4.71. The van der Waals surface area contributed by atoms with Crippen molar-refractivity contribution in [2.75, 3.05) is 6.54 Å². The van der Waals surface area contributed by atoms with Gasteiger partial charge >= 0.3 is 0 Å². The van der Waals surface area contributed by atoms with Gasteiger partial charge in [-0.2, -0.15) is 0 Å². The topological polar surface area (TPSA) is 29.1 Å². The molecule has 0 saturated carbocycles. The molecule has 0 amide bonds. The highest BCUT2D eigenvalue weighted by atomic mass is 32.1. The molecule has 1 aliphatic rings. The molecule has 1 aromatic heterocycles. The number of piperidine rings is 1. The van der Waals surface area contributed by atoms with Gasteiger partial charge in [-0.15, -0.1) is 11.3 Å². The van der Waals surface area contributed by atoms with Crippen LogP contribution < -0.4 is 5.32 Å². The van der Waals surface area contributed by atoms with Crippen LogP contribution in [0.5, 0.6) is 0 Å². The van der Waals surface area contributed by atoms with Gasteiger partial charge in [-0.25, -0.2) is 0 Å². The second-order valence-corrected chi connectivity index (χ2v) is 4.51. The largest absolute Gasteiger partial charge is 0.309 e. The van der Waals surface area contributed by atoms with E-state index in [0.717, 1.165) is 17.7 Å². The molecule has 0 unspecified atom stereocenters. The Hall–Kier alpha value is -0.670. The Kier molecular flexibility index (Phi) is 2.76. The number of hydrogen-bond donors (Lipinski definition) is 1. The van der Waals surface area contributed by atoms with Gasteiger partial charge in [0.25, 0.3) is 0 Å². The number of thiophene rings is 1. The van der Waals surface area contributed by atoms with Crippen molar-refractivity contribution in [2.45, 2.75) is 25.3 Å². The van der Waals surface area contributed by atoms with Crippen LogP contribution >= 0.6 is 11.3 Å². The van der Waals surface area contributed by atoms with Gasteiger partial charge in [0.2, 0.25) is 0 Å². The predicted octanol–water partition coefficient (Wildman–Crippen LogP) is 2.38. The van der Waals surface area contributed by atoms with Crippen LogP contribution in [-0.2, 0) is 0 Å². The van der Waals surface area contributed by atoms with E-state index in [1.54, 1.807) is 11.3 Å². The molecule has 70 valence electrons. The fourth-order valence-corrected chi connectivity index (χ4v) is 2.65. The van der Waals surface area contributed by atoms with Crippen LogP contribution in [0, 0.1) is 0 Å². The smallest absolute Gasteiger partial charge is 0.160 e. The molecule has 0 aromatic carbocycles. The monoisotopic (exact) mass is 195 g/mol. The molecular weight excluding hydrogens is 182 g/mol. The molecule has 1 atom stereocenters. The Morgan fingerprint density at radius 1 is 1.46 bits per heavy atom. The molecule has 1 fully saturated rings. The second kappa shape index (κ2) is 4.03. The molecule has 2 nitrogen and oxygen atoms in total. The van der Waals surface area contributed by atoms with E-state index in [9.17, 15) is 4.79 Å². The molecule has 0 radical (unpaired) electrons. The Bertz CT molecular complexity index is 289. The first kappa shape index (κ1) is 8.91. The third-order valence-electron chi connectivity index (χ3n) is 2.42. The number of hydrogen-bond acceptors (Lipinski definition) is 3. The molecule has 1 N–H and O–H groups in total. The predicted molar refractivity (Wildman–Crippen MR) is 54.3 cm³/mol. The highest BCUT2D eigenvalue weighted by Crippen LogP contribution is 2.28. The van der Waals surface area contributed by atoms with Crippen molar-refractivity contribution in [3.05, 3.63) is 21.9 Å². The van der Waals surface area contributed by atoms with Gasteiger partial charge < -0.3 is 5.32 Å². The minimum Gasteiger partial charge on any atom is -0.309 e. The molecule has 2 rings (SSSR count). The van der Waals surface area contributed by atoms with E-state index in [1.807, 2.05) is 6.07 Å². The molecule has 2 heterocycles. The van der Waals surface area contributed by atoms with E-state index in [1.165, 1.54) is 24.1 Å². The van der Waals surface area contributed by atoms with Crippen molar-refractivity contribution >= 4 is 17.6 Å². The highest BCUT2D eigenvalue weighted by molar-refractivity contribution is 7.13. The zero-order chi connectivity index (χ0) is 9.10. The van der Waals surface area contributed by atoms with Crippen LogP contribution in [0.4, 0.5) is 0 Å². The summed E-state index contributed by atoms with van der Waals surface area (Å²) in [5.41, 5.74) is 0. The maximum Gasteiger partial charge on any atom is 0.160 e. The quantitative estimate of drug-likeness (QED) is 0.734. The number of aldehydes is 1. The van der Waals surface area contributed by atoms with Gasteiger partial charge in [-0.3, -0.25) is 4.79 Å². The number of carbonyl (C=O) groups excluding carboxylic acids is 1. The van der Waals surface area contributed by atoms with E-state index in [4.69, 9.17) is 0 Å². The summed E-state index contributed by atoms with van der Waals surface area (Å²) in [4.78, 5) is 12.6. The maximum absolute atomic E-state index is 10.5. The molecule has 1 aliphatic heterocycles. The second-order valence-electron chi connectivity index (χ2n) is 3.36. The zero-order valence-corrected chi connectivity index (χ0v) is 8.27. The van der Waals surface area contributed by atoms with Crippen LogP contribution in [-0.4, -0.2) is 12.8 Å². The maximum atomic E-state index is 10.5. The van der Waals surface area contributed by atoms with Crippen molar-refractivity contribution in [3.63, 3.8) is 0 Å². The van der Waals surface area contributed by atoms with Gasteiger partial charge in [0.1, 0.15) is 0 Å². The number of carbonyl (C=O) groups is 1. The van der Waals surface area contributed by atoms with Crippen molar-refractivity contribution in [3.8, 4) is 0 Å². The molecular formula is C10H13NOS. The van der Waals surface area contributed by atoms with Gasteiger partial charge in [0, 0.05) is 10.9 Å². The summed E-state index contributed by atoms with van der Waals surface area (Å²) in [7, 11) is 0. The van der Waals surface area contributed by atoms with E-state index in [-0.39, 0.29) is 0 Å². The van der Waals surface area contributed by atoms with Crippen molar-refractivity contribution in [1.82, 2.24) is 5.32 Å². The lowest BCUT2D eigenvalue weighted by Gasteiger charge is -2.22. The lowest BCUT2D eigenvalue weighted by Crippen LogP contribution is -2.25. The molecule has 0 bridgehead atoms. The summed E-state index contributed by atoms with van der Waals surface area (Å²) in [5.74, 6) is 0. The Labute approximate surface area is 82.0 Å². The van der Waals surface area contributed by atoms with E-state index in [2.05, 4.69) is 11.4 Å². The van der Waals surface area contributed by atoms with Gasteiger partial charge in [0.05, 0.1) is 4.88 Å². The van der Waals surface area contributed by atoms with E-state index < -0.39 is 0 Å². The fraction of sp³-hybridized carbons (Fsp3) is 0.500. The lowest BCUT2D eigenvalue weighted by molar-refractivity contribution is 0.112. The third kappa shape index (κ3) is 1.98.